The maximum absolute atomic E-state index is 12.1. The summed E-state index contributed by atoms with van der Waals surface area (Å²) < 4.78 is 5.67. The molecule has 1 amide bonds. The number of hydrogen-bond acceptors (Lipinski definition) is 6. The zero-order valence-electron chi connectivity index (χ0n) is 10.8. The number of anilines is 2. The highest BCUT2D eigenvalue weighted by atomic mass is 79.9. The molecule has 0 aromatic carbocycles. The molecule has 2 rings (SSSR count). The first-order valence-electron chi connectivity index (χ1n) is 5.61. The molecule has 0 aliphatic rings. The van der Waals surface area contributed by atoms with Crippen LogP contribution in [0.15, 0.2) is 22.8 Å². The van der Waals surface area contributed by atoms with Crippen molar-refractivity contribution in [2.45, 2.75) is 6.92 Å². The van der Waals surface area contributed by atoms with E-state index in [1.54, 1.807) is 19.1 Å². The van der Waals surface area contributed by atoms with E-state index in [0.29, 0.717) is 16.0 Å². The standard InChI is InChI=1S/C12H12BrN5O2/c1-6-3-9(20-2)17-12(16-6)18-11(19)8-4-7(13)5-15-10(8)14/h3-5H,1-2H3,(H2,14,15)(H,16,17,18,19). The molecular weight excluding hydrogens is 326 g/mol. The fourth-order valence-corrected chi connectivity index (χ4v) is 1.83. The lowest BCUT2D eigenvalue weighted by Crippen LogP contribution is -2.17. The van der Waals surface area contributed by atoms with Gasteiger partial charge in [-0.25, -0.2) is 9.97 Å². The zero-order chi connectivity index (χ0) is 14.7. The molecule has 0 spiro atoms. The summed E-state index contributed by atoms with van der Waals surface area (Å²) in [6.45, 7) is 1.77. The number of aromatic nitrogens is 3. The second-order valence-electron chi connectivity index (χ2n) is 3.92. The van der Waals surface area contributed by atoms with Crippen molar-refractivity contribution in [1.29, 1.82) is 0 Å². The van der Waals surface area contributed by atoms with E-state index >= 15 is 0 Å². The van der Waals surface area contributed by atoms with Crippen molar-refractivity contribution in [3.63, 3.8) is 0 Å². The first-order valence-corrected chi connectivity index (χ1v) is 6.41. The highest BCUT2D eigenvalue weighted by Crippen LogP contribution is 2.17. The van der Waals surface area contributed by atoms with E-state index < -0.39 is 5.91 Å². The van der Waals surface area contributed by atoms with Crippen LogP contribution in [-0.4, -0.2) is 28.0 Å². The van der Waals surface area contributed by atoms with Crippen molar-refractivity contribution in [1.82, 2.24) is 15.0 Å². The Labute approximate surface area is 123 Å². The number of nitrogens with one attached hydrogen (secondary N) is 1. The molecule has 0 radical (unpaired) electrons. The van der Waals surface area contributed by atoms with Gasteiger partial charge in [-0.05, 0) is 28.9 Å². The van der Waals surface area contributed by atoms with E-state index in [-0.39, 0.29) is 17.3 Å². The topological polar surface area (TPSA) is 103 Å². The number of aryl methyl sites for hydroxylation is 1. The smallest absolute Gasteiger partial charge is 0.261 e. The first kappa shape index (κ1) is 14.2. The highest BCUT2D eigenvalue weighted by molar-refractivity contribution is 9.10. The van der Waals surface area contributed by atoms with E-state index in [4.69, 9.17) is 10.5 Å². The van der Waals surface area contributed by atoms with Crippen LogP contribution in [-0.2, 0) is 0 Å². The molecule has 2 aromatic rings. The predicted molar refractivity (Wildman–Crippen MR) is 77.6 cm³/mol. The van der Waals surface area contributed by atoms with Gasteiger partial charge in [0.1, 0.15) is 5.82 Å². The highest BCUT2D eigenvalue weighted by Gasteiger charge is 2.13. The summed E-state index contributed by atoms with van der Waals surface area (Å²) in [7, 11) is 1.49. The average molecular weight is 338 g/mol. The summed E-state index contributed by atoms with van der Waals surface area (Å²) in [5, 5.41) is 2.56. The molecule has 0 bridgehead atoms. The Morgan fingerprint density at radius 2 is 2.15 bits per heavy atom. The van der Waals surface area contributed by atoms with Gasteiger partial charge in [0.25, 0.3) is 5.91 Å². The van der Waals surface area contributed by atoms with Crippen LogP contribution >= 0.6 is 15.9 Å². The number of hydrogen-bond donors (Lipinski definition) is 2. The van der Waals surface area contributed by atoms with Crippen LogP contribution in [0.5, 0.6) is 5.88 Å². The Balaban J connectivity index is 2.27. The molecule has 0 atom stereocenters. The molecule has 20 heavy (non-hydrogen) atoms. The lowest BCUT2D eigenvalue weighted by atomic mass is 10.2. The monoisotopic (exact) mass is 337 g/mol. The number of methoxy groups -OCH3 is 1. The number of rotatable bonds is 3. The molecule has 0 saturated carbocycles. The minimum absolute atomic E-state index is 0.130. The fraction of sp³-hybridized carbons (Fsp3) is 0.167. The van der Waals surface area contributed by atoms with Crippen molar-refractivity contribution in [3.8, 4) is 5.88 Å². The van der Waals surface area contributed by atoms with Crippen molar-refractivity contribution >= 4 is 33.6 Å². The first-order chi connectivity index (χ1) is 9.49. The van der Waals surface area contributed by atoms with Crippen molar-refractivity contribution < 1.29 is 9.53 Å². The minimum Gasteiger partial charge on any atom is -0.481 e. The van der Waals surface area contributed by atoms with Gasteiger partial charge in [0.2, 0.25) is 11.8 Å². The number of carbonyl (C=O) groups excluding carboxylic acids is 1. The van der Waals surface area contributed by atoms with Crippen LogP contribution in [0.2, 0.25) is 0 Å². The third-order valence-electron chi connectivity index (χ3n) is 2.39. The summed E-state index contributed by atoms with van der Waals surface area (Å²) in [4.78, 5) is 24.2. The zero-order valence-corrected chi connectivity index (χ0v) is 12.4. The maximum Gasteiger partial charge on any atom is 0.261 e. The van der Waals surface area contributed by atoms with E-state index in [0.717, 1.165) is 0 Å². The predicted octanol–water partition coefficient (Wildman–Crippen LogP) is 1.79. The van der Waals surface area contributed by atoms with Crippen molar-refractivity contribution in [3.05, 3.63) is 34.1 Å². The fourth-order valence-electron chi connectivity index (χ4n) is 1.50. The van der Waals surface area contributed by atoms with Gasteiger partial charge in [0.15, 0.2) is 0 Å². The van der Waals surface area contributed by atoms with E-state index in [1.165, 1.54) is 13.3 Å². The average Bonchev–Trinajstić information content (AvgIpc) is 2.40. The van der Waals surface area contributed by atoms with Crippen molar-refractivity contribution in [2.75, 3.05) is 18.2 Å². The van der Waals surface area contributed by atoms with E-state index in [9.17, 15) is 4.79 Å². The largest absolute Gasteiger partial charge is 0.481 e. The summed E-state index contributed by atoms with van der Waals surface area (Å²) >= 11 is 3.24. The molecular formula is C12H12BrN5O2. The van der Waals surface area contributed by atoms with Crippen LogP contribution in [0.25, 0.3) is 0 Å². The number of amides is 1. The second kappa shape index (κ2) is 5.83. The van der Waals surface area contributed by atoms with Gasteiger partial charge >= 0.3 is 0 Å². The Bertz CT molecular complexity index is 662. The SMILES string of the molecule is COc1cc(C)nc(NC(=O)c2cc(Br)cnc2N)n1. The van der Waals surface area contributed by atoms with Gasteiger partial charge in [0, 0.05) is 22.4 Å². The molecule has 2 heterocycles. The normalized spacial score (nSPS) is 10.2. The molecule has 0 fully saturated rings. The van der Waals surface area contributed by atoms with Gasteiger partial charge < -0.3 is 10.5 Å². The number of halogens is 1. The molecule has 0 unspecified atom stereocenters. The van der Waals surface area contributed by atoms with E-state index in [1.807, 2.05) is 0 Å². The van der Waals surface area contributed by atoms with Crippen molar-refractivity contribution in [2.24, 2.45) is 0 Å². The number of nitrogens with two attached hydrogens (primary N) is 1. The second-order valence-corrected chi connectivity index (χ2v) is 4.83. The van der Waals surface area contributed by atoms with Gasteiger partial charge in [0.05, 0.1) is 12.7 Å². The van der Waals surface area contributed by atoms with Crippen LogP contribution in [0.1, 0.15) is 16.1 Å². The molecule has 0 saturated heterocycles. The van der Waals surface area contributed by atoms with Gasteiger partial charge in [-0.2, -0.15) is 4.98 Å². The lowest BCUT2D eigenvalue weighted by molar-refractivity contribution is 0.102. The Hall–Kier alpha value is -2.22. The van der Waals surface area contributed by atoms with Crippen LogP contribution in [0.3, 0.4) is 0 Å². The Kier molecular flexibility index (Phi) is 4.14. The Morgan fingerprint density at radius 1 is 1.40 bits per heavy atom. The molecule has 0 aliphatic heterocycles. The van der Waals surface area contributed by atoms with Crippen LogP contribution in [0, 0.1) is 6.92 Å². The van der Waals surface area contributed by atoms with E-state index in [2.05, 4.69) is 36.2 Å². The number of nitrogen functional groups attached to an aromatic ring is 1. The number of pyridine rings is 1. The number of carbonyl (C=O) groups is 1. The molecule has 7 nitrogen and oxygen atoms in total. The van der Waals surface area contributed by atoms with Crippen LogP contribution in [0.4, 0.5) is 11.8 Å². The maximum atomic E-state index is 12.1. The number of nitrogens with zero attached hydrogens (tertiary/aromatic N) is 3. The minimum atomic E-state index is -0.441. The molecule has 2 aromatic heterocycles. The molecule has 104 valence electrons. The summed E-state index contributed by atoms with van der Waals surface area (Å²) in [6.07, 6.45) is 1.51. The third-order valence-corrected chi connectivity index (χ3v) is 2.83. The molecule has 3 N–H and O–H groups in total. The Morgan fingerprint density at radius 3 is 2.85 bits per heavy atom. The van der Waals surface area contributed by atoms with Gasteiger partial charge in [-0.15, -0.1) is 0 Å². The molecule has 0 aliphatic carbocycles. The van der Waals surface area contributed by atoms with Gasteiger partial charge in [-0.3, -0.25) is 10.1 Å². The quantitative estimate of drug-likeness (QED) is 0.884. The lowest BCUT2D eigenvalue weighted by Gasteiger charge is -2.08. The third kappa shape index (κ3) is 3.21. The van der Waals surface area contributed by atoms with Crippen LogP contribution < -0.4 is 15.8 Å². The summed E-state index contributed by atoms with van der Waals surface area (Å²) in [5.74, 6) is 0.202. The summed E-state index contributed by atoms with van der Waals surface area (Å²) in [6, 6.07) is 3.23. The van der Waals surface area contributed by atoms with Gasteiger partial charge in [-0.1, -0.05) is 0 Å². The summed E-state index contributed by atoms with van der Waals surface area (Å²) in [5.41, 5.74) is 6.58. The molecule has 8 heteroatoms. The number of ether oxygens (including phenoxy) is 1.